The Morgan fingerprint density at radius 2 is 2.13 bits per heavy atom. The average Bonchev–Trinajstić information content (AvgIpc) is 2.83. The molecule has 1 amide bonds. The van der Waals surface area contributed by atoms with Gasteiger partial charge < -0.3 is 9.88 Å². The van der Waals surface area contributed by atoms with Crippen LogP contribution in [0.5, 0.6) is 0 Å². The Kier molecular flexibility index (Phi) is 5.20. The van der Waals surface area contributed by atoms with Crippen LogP contribution in [0, 0.1) is 12.8 Å². The fourth-order valence-electron chi connectivity index (χ4n) is 2.31. The molecule has 2 rings (SSSR count). The third-order valence-corrected chi connectivity index (χ3v) is 4.58. The summed E-state index contributed by atoms with van der Waals surface area (Å²) in [6.45, 7) is 4.20. The molecule has 0 aliphatic carbocycles. The molecule has 0 fully saturated rings. The van der Waals surface area contributed by atoms with Crippen LogP contribution in [0.25, 0.3) is 0 Å². The van der Waals surface area contributed by atoms with E-state index in [0.717, 1.165) is 17.6 Å². The Balaban J connectivity index is 2.05. The Hall–Kier alpha value is -2.15. The van der Waals surface area contributed by atoms with Crippen LogP contribution in [0.1, 0.15) is 18.3 Å². The van der Waals surface area contributed by atoms with E-state index in [4.69, 9.17) is 0 Å². The van der Waals surface area contributed by atoms with Gasteiger partial charge in [-0.2, -0.15) is 0 Å². The first-order valence-electron chi connectivity index (χ1n) is 7.30. The highest BCUT2D eigenvalue weighted by Crippen LogP contribution is 2.14. The summed E-state index contributed by atoms with van der Waals surface area (Å²) in [6, 6.07) is 7.49. The number of carbonyl (C=O) groups excluding carboxylic acids is 1. The number of imidazole rings is 1. The molecule has 1 heterocycles. The van der Waals surface area contributed by atoms with Crippen LogP contribution in [-0.4, -0.2) is 35.9 Å². The molecule has 1 unspecified atom stereocenters. The summed E-state index contributed by atoms with van der Waals surface area (Å²) in [5, 5.41) is 2.77. The van der Waals surface area contributed by atoms with E-state index in [2.05, 4.69) is 10.3 Å². The minimum atomic E-state index is -3.18. The number of hydrogen-bond donors (Lipinski definition) is 1. The summed E-state index contributed by atoms with van der Waals surface area (Å²) in [5.74, 6) is -0.135. The Bertz CT molecular complexity index is 796. The lowest BCUT2D eigenvalue weighted by molar-refractivity contribution is -0.118. The van der Waals surface area contributed by atoms with E-state index in [1.807, 2.05) is 35.9 Å². The van der Waals surface area contributed by atoms with Crippen molar-refractivity contribution in [3.63, 3.8) is 0 Å². The van der Waals surface area contributed by atoms with Gasteiger partial charge in [0.2, 0.25) is 5.91 Å². The van der Waals surface area contributed by atoms with Crippen LogP contribution >= 0.6 is 0 Å². The van der Waals surface area contributed by atoms with Crippen molar-refractivity contribution in [2.45, 2.75) is 20.4 Å². The molecule has 0 radical (unpaired) electrons. The minimum absolute atomic E-state index is 0.160. The zero-order valence-corrected chi connectivity index (χ0v) is 14.3. The van der Waals surface area contributed by atoms with Gasteiger partial charge in [-0.15, -0.1) is 0 Å². The molecule has 0 saturated heterocycles. The fraction of sp³-hybridized carbons (Fsp3) is 0.375. The number of amides is 1. The van der Waals surface area contributed by atoms with Gasteiger partial charge in [0.1, 0.15) is 15.7 Å². The van der Waals surface area contributed by atoms with Gasteiger partial charge in [0, 0.05) is 36.8 Å². The topological polar surface area (TPSA) is 81.1 Å². The van der Waals surface area contributed by atoms with Gasteiger partial charge in [0.05, 0.1) is 5.75 Å². The summed E-state index contributed by atoms with van der Waals surface area (Å²) < 4.78 is 24.6. The Labute approximate surface area is 136 Å². The molecule has 0 bridgehead atoms. The second-order valence-electron chi connectivity index (χ2n) is 5.79. The van der Waals surface area contributed by atoms with Gasteiger partial charge in [0.15, 0.2) is 0 Å². The molecule has 0 saturated carbocycles. The van der Waals surface area contributed by atoms with E-state index in [9.17, 15) is 13.2 Å². The second kappa shape index (κ2) is 6.95. The van der Waals surface area contributed by atoms with Gasteiger partial charge in [-0.1, -0.05) is 19.1 Å². The number of nitrogens with zero attached hydrogens (tertiary/aromatic N) is 2. The molecule has 0 aliphatic rings. The van der Waals surface area contributed by atoms with Gasteiger partial charge in [0.25, 0.3) is 0 Å². The molecule has 124 valence electrons. The Morgan fingerprint density at radius 3 is 2.74 bits per heavy atom. The first-order chi connectivity index (χ1) is 10.7. The second-order valence-corrected chi connectivity index (χ2v) is 7.97. The van der Waals surface area contributed by atoms with Crippen molar-refractivity contribution in [1.82, 2.24) is 9.55 Å². The maximum atomic E-state index is 12.1. The maximum Gasteiger partial charge on any atom is 0.228 e. The van der Waals surface area contributed by atoms with Gasteiger partial charge in [-0.05, 0) is 24.6 Å². The fourth-order valence-corrected chi connectivity index (χ4v) is 3.37. The van der Waals surface area contributed by atoms with E-state index < -0.39 is 15.8 Å². The van der Waals surface area contributed by atoms with E-state index >= 15 is 0 Å². The summed E-state index contributed by atoms with van der Waals surface area (Å²) in [7, 11) is -3.18. The first kappa shape index (κ1) is 17.2. The SMILES string of the molecule is Cc1nccn1Cc1cccc(NC(=O)C(C)CS(C)(=O)=O)c1. The van der Waals surface area contributed by atoms with Crippen molar-refractivity contribution in [3.05, 3.63) is 48.0 Å². The summed E-state index contributed by atoms with van der Waals surface area (Å²) in [6.07, 6.45) is 4.77. The number of sulfone groups is 1. The predicted octanol–water partition coefficient (Wildman–Crippen LogP) is 1.86. The average molecular weight is 335 g/mol. The Morgan fingerprint density at radius 1 is 1.39 bits per heavy atom. The summed E-state index contributed by atoms with van der Waals surface area (Å²) in [5.41, 5.74) is 1.69. The zero-order valence-electron chi connectivity index (χ0n) is 13.5. The molecule has 7 heteroatoms. The number of anilines is 1. The quantitative estimate of drug-likeness (QED) is 0.873. The molecule has 2 aromatic rings. The highest BCUT2D eigenvalue weighted by Gasteiger charge is 2.18. The maximum absolute atomic E-state index is 12.1. The van der Waals surface area contributed by atoms with Crippen LogP contribution in [-0.2, 0) is 21.2 Å². The van der Waals surface area contributed by atoms with Crippen LogP contribution in [0.3, 0.4) is 0 Å². The van der Waals surface area contributed by atoms with E-state index in [1.54, 1.807) is 19.2 Å². The number of nitrogens with one attached hydrogen (secondary N) is 1. The monoisotopic (exact) mass is 335 g/mol. The molecule has 6 nitrogen and oxygen atoms in total. The van der Waals surface area contributed by atoms with Crippen molar-refractivity contribution in [2.75, 3.05) is 17.3 Å². The summed E-state index contributed by atoms with van der Waals surface area (Å²) >= 11 is 0. The number of carbonyl (C=O) groups is 1. The van der Waals surface area contributed by atoms with Crippen molar-refractivity contribution < 1.29 is 13.2 Å². The standard InChI is InChI=1S/C16H21N3O3S/c1-12(11-23(3,21)22)16(20)18-15-6-4-5-14(9-15)10-19-8-7-17-13(19)2/h4-9,12H,10-11H2,1-3H3,(H,18,20). The zero-order chi connectivity index (χ0) is 17.0. The van der Waals surface area contributed by atoms with Crippen LogP contribution in [0.2, 0.25) is 0 Å². The normalized spacial score (nSPS) is 12.8. The smallest absolute Gasteiger partial charge is 0.228 e. The molecule has 23 heavy (non-hydrogen) atoms. The van der Waals surface area contributed by atoms with Crippen molar-refractivity contribution in [3.8, 4) is 0 Å². The third kappa shape index (κ3) is 5.21. The van der Waals surface area contributed by atoms with Crippen LogP contribution in [0.4, 0.5) is 5.69 Å². The molecule has 0 aliphatic heterocycles. The lowest BCUT2D eigenvalue weighted by Crippen LogP contribution is -2.26. The molecule has 1 N–H and O–H groups in total. The van der Waals surface area contributed by atoms with Crippen LogP contribution < -0.4 is 5.32 Å². The number of hydrogen-bond acceptors (Lipinski definition) is 4. The number of rotatable bonds is 6. The number of aryl methyl sites for hydroxylation is 1. The van der Waals surface area contributed by atoms with E-state index in [1.165, 1.54) is 0 Å². The lowest BCUT2D eigenvalue weighted by Gasteiger charge is -2.12. The van der Waals surface area contributed by atoms with Crippen molar-refractivity contribution >= 4 is 21.4 Å². The third-order valence-electron chi connectivity index (χ3n) is 3.47. The minimum Gasteiger partial charge on any atom is -0.331 e. The van der Waals surface area contributed by atoms with Crippen molar-refractivity contribution in [2.24, 2.45) is 5.92 Å². The van der Waals surface area contributed by atoms with E-state index in [0.29, 0.717) is 12.2 Å². The molecule has 1 aromatic carbocycles. The van der Waals surface area contributed by atoms with Gasteiger partial charge in [-0.3, -0.25) is 4.79 Å². The first-order valence-corrected chi connectivity index (χ1v) is 9.36. The molecule has 1 aromatic heterocycles. The summed E-state index contributed by atoms with van der Waals surface area (Å²) in [4.78, 5) is 16.3. The highest BCUT2D eigenvalue weighted by atomic mass is 32.2. The molecular formula is C16H21N3O3S. The van der Waals surface area contributed by atoms with Crippen molar-refractivity contribution in [1.29, 1.82) is 0 Å². The van der Waals surface area contributed by atoms with E-state index in [-0.39, 0.29) is 11.7 Å². The lowest BCUT2D eigenvalue weighted by atomic mass is 10.1. The molecule has 0 spiro atoms. The largest absolute Gasteiger partial charge is 0.331 e. The molecular weight excluding hydrogens is 314 g/mol. The van der Waals surface area contributed by atoms with Gasteiger partial charge >= 0.3 is 0 Å². The molecule has 1 atom stereocenters. The number of benzene rings is 1. The predicted molar refractivity (Wildman–Crippen MR) is 90.0 cm³/mol. The number of aromatic nitrogens is 2. The highest BCUT2D eigenvalue weighted by molar-refractivity contribution is 7.90. The van der Waals surface area contributed by atoms with Crippen LogP contribution in [0.15, 0.2) is 36.7 Å². The van der Waals surface area contributed by atoms with Gasteiger partial charge in [-0.25, -0.2) is 13.4 Å².